The number of carbonyl (C=O) groups is 2. The highest BCUT2D eigenvalue weighted by atomic mass is 16.5. The van der Waals surface area contributed by atoms with Gasteiger partial charge in [0.1, 0.15) is 17.6 Å². The van der Waals surface area contributed by atoms with E-state index in [1.54, 1.807) is 37.1 Å². The number of aromatic carboxylic acids is 1. The summed E-state index contributed by atoms with van der Waals surface area (Å²) in [5, 5.41) is 12.0. The van der Waals surface area contributed by atoms with E-state index in [0.717, 1.165) is 5.69 Å². The molecule has 2 heterocycles. The quantitative estimate of drug-likeness (QED) is 0.899. The second-order valence-electron chi connectivity index (χ2n) is 5.24. The number of anilines is 2. The summed E-state index contributed by atoms with van der Waals surface area (Å²) in [5.41, 5.74) is 1.48. The number of furan rings is 1. The molecule has 0 bridgehead atoms. The second kappa shape index (κ2) is 5.68. The van der Waals surface area contributed by atoms with Crippen LogP contribution >= 0.6 is 0 Å². The first kappa shape index (κ1) is 15.0. The number of hydrogen-bond donors (Lipinski definition) is 2. The van der Waals surface area contributed by atoms with Crippen molar-refractivity contribution in [3.63, 3.8) is 0 Å². The highest BCUT2D eigenvalue weighted by Gasteiger charge is 2.30. The summed E-state index contributed by atoms with van der Waals surface area (Å²) >= 11 is 0. The Morgan fingerprint density at radius 1 is 1.39 bits per heavy atom. The molecule has 1 amide bonds. The Kier molecular flexibility index (Phi) is 3.69. The molecule has 0 aliphatic carbocycles. The van der Waals surface area contributed by atoms with Crippen molar-refractivity contribution in [2.24, 2.45) is 0 Å². The summed E-state index contributed by atoms with van der Waals surface area (Å²) in [6.45, 7) is 1.93. The van der Waals surface area contributed by atoms with E-state index < -0.39 is 12.0 Å². The number of ether oxygens (including phenoxy) is 1. The molecule has 2 aromatic rings. The Labute approximate surface area is 132 Å². The molecule has 0 radical (unpaired) electrons. The van der Waals surface area contributed by atoms with E-state index in [2.05, 4.69) is 5.32 Å². The summed E-state index contributed by atoms with van der Waals surface area (Å²) in [6.07, 6.45) is 0. The van der Waals surface area contributed by atoms with Gasteiger partial charge in [0.2, 0.25) is 11.7 Å². The lowest BCUT2D eigenvalue weighted by molar-refractivity contribution is -0.119. The molecule has 0 fully saturated rings. The van der Waals surface area contributed by atoms with Gasteiger partial charge in [0.15, 0.2) is 0 Å². The molecule has 7 heteroatoms. The minimum absolute atomic E-state index is 0.115. The van der Waals surface area contributed by atoms with Crippen molar-refractivity contribution in [3.05, 3.63) is 41.9 Å². The van der Waals surface area contributed by atoms with Gasteiger partial charge >= 0.3 is 5.97 Å². The average Bonchev–Trinajstić information content (AvgIpc) is 3.00. The first-order valence-corrected chi connectivity index (χ1v) is 7.07. The van der Waals surface area contributed by atoms with Gasteiger partial charge in [0.05, 0.1) is 25.0 Å². The summed E-state index contributed by atoms with van der Waals surface area (Å²) < 4.78 is 10.5. The van der Waals surface area contributed by atoms with Gasteiger partial charge < -0.3 is 24.5 Å². The number of fused-ring (bicyclic) bond motifs is 1. The van der Waals surface area contributed by atoms with Crippen molar-refractivity contribution >= 4 is 23.3 Å². The van der Waals surface area contributed by atoms with E-state index in [-0.39, 0.29) is 18.2 Å². The van der Waals surface area contributed by atoms with Crippen molar-refractivity contribution in [1.29, 1.82) is 0 Å². The van der Waals surface area contributed by atoms with Crippen molar-refractivity contribution in [3.8, 4) is 5.75 Å². The maximum absolute atomic E-state index is 12.5. The number of benzene rings is 1. The number of hydrogen-bond acceptors (Lipinski definition) is 5. The van der Waals surface area contributed by atoms with E-state index in [1.807, 2.05) is 6.07 Å². The van der Waals surface area contributed by atoms with Crippen LogP contribution in [0.1, 0.15) is 23.2 Å². The van der Waals surface area contributed by atoms with Gasteiger partial charge in [0, 0.05) is 6.07 Å². The van der Waals surface area contributed by atoms with Crippen LogP contribution in [0, 0.1) is 0 Å². The van der Waals surface area contributed by atoms with E-state index in [4.69, 9.17) is 14.3 Å². The topological polar surface area (TPSA) is 92.0 Å². The molecule has 1 aliphatic heterocycles. The monoisotopic (exact) mass is 316 g/mol. The molecule has 7 nitrogen and oxygen atoms in total. The molecule has 120 valence electrons. The SMILES string of the molecule is COc1ccc2c(c1)NC(C)C(=O)N2Cc1ccc(C(=O)O)o1. The van der Waals surface area contributed by atoms with Gasteiger partial charge in [-0.1, -0.05) is 0 Å². The fourth-order valence-corrected chi connectivity index (χ4v) is 2.54. The van der Waals surface area contributed by atoms with Crippen LogP contribution in [0.3, 0.4) is 0 Å². The van der Waals surface area contributed by atoms with E-state index in [1.165, 1.54) is 6.07 Å². The maximum atomic E-state index is 12.5. The second-order valence-corrected chi connectivity index (χ2v) is 5.24. The molecule has 23 heavy (non-hydrogen) atoms. The molecule has 1 aromatic heterocycles. The molecule has 0 saturated heterocycles. The van der Waals surface area contributed by atoms with Crippen LogP contribution < -0.4 is 15.0 Å². The van der Waals surface area contributed by atoms with Gasteiger partial charge in [-0.05, 0) is 31.2 Å². The van der Waals surface area contributed by atoms with E-state index in [0.29, 0.717) is 17.2 Å². The molecular formula is C16H16N2O5. The van der Waals surface area contributed by atoms with E-state index in [9.17, 15) is 9.59 Å². The summed E-state index contributed by atoms with van der Waals surface area (Å²) in [7, 11) is 1.58. The molecule has 0 spiro atoms. The number of carboxylic acid groups (broad SMARTS) is 1. The Bertz CT molecular complexity index is 768. The highest BCUT2D eigenvalue weighted by molar-refractivity contribution is 6.04. The minimum atomic E-state index is -1.14. The molecular weight excluding hydrogens is 300 g/mol. The zero-order valence-electron chi connectivity index (χ0n) is 12.7. The third-order valence-electron chi connectivity index (χ3n) is 3.69. The van der Waals surface area contributed by atoms with Crippen LogP contribution in [0.4, 0.5) is 11.4 Å². The van der Waals surface area contributed by atoms with Crippen LogP contribution in [0.5, 0.6) is 5.75 Å². The molecule has 1 unspecified atom stereocenters. The van der Waals surface area contributed by atoms with Crippen molar-refractivity contribution in [2.45, 2.75) is 19.5 Å². The van der Waals surface area contributed by atoms with Gasteiger partial charge in [-0.2, -0.15) is 0 Å². The van der Waals surface area contributed by atoms with Crippen molar-refractivity contribution < 1.29 is 23.8 Å². The lowest BCUT2D eigenvalue weighted by Gasteiger charge is -2.33. The van der Waals surface area contributed by atoms with Crippen molar-refractivity contribution in [2.75, 3.05) is 17.3 Å². The number of carbonyl (C=O) groups excluding carboxylic acids is 1. The number of nitrogens with one attached hydrogen (secondary N) is 1. The van der Waals surface area contributed by atoms with Crippen LogP contribution in [-0.2, 0) is 11.3 Å². The maximum Gasteiger partial charge on any atom is 0.371 e. The first-order valence-electron chi connectivity index (χ1n) is 7.07. The van der Waals surface area contributed by atoms with Crippen LogP contribution in [0.2, 0.25) is 0 Å². The lowest BCUT2D eigenvalue weighted by Crippen LogP contribution is -2.45. The minimum Gasteiger partial charge on any atom is -0.497 e. The Morgan fingerprint density at radius 2 is 2.17 bits per heavy atom. The average molecular weight is 316 g/mol. The third kappa shape index (κ3) is 2.73. The first-order chi connectivity index (χ1) is 11.0. The van der Waals surface area contributed by atoms with Gasteiger partial charge in [-0.3, -0.25) is 4.79 Å². The Hall–Kier alpha value is -2.96. The summed E-state index contributed by atoms with van der Waals surface area (Å²) in [5.74, 6) is -0.307. The lowest BCUT2D eigenvalue weighted by atomic mass is 10.1. The molecule has 2 N–H and O–H groups in total. The number of amides is 1. The normalized spacial score (nSPS) is 16.7. The molecule has 1 atom stereocenters. The summed E-state index contributed by atoms with van der Waals surface area (Å²) in [4.78, 5) is 24.9. The molecule has 3 rings (SSSR count). The predicted molar refractivity (Wildman–Crippen MR) is 82.9 cm³/mol. The molecule has 0 saturated carbocycles. The fraction of sp³-hybridized carbons (Fsp3) is 0.250. The summed E-state index contributed by atoms with van der Waals surface area (Å²) in [6, 6.07) is 7.91. The van der Waals surface area contributed by atoms with Crippen LogP contribution in [-0.4, -0.2) is 30.1 Å². The number of nitrogens with zero attached hydrogens (tertiary/aromatic N) is 1. The zero-order valence-corrected chi connectivity index (χ0v) is 12.7. The fourth-order valence-electron chi connectivity index (χ4n) is 2.54. The van der Waals surface area contributed by atoms with Gasteiger partial charge in [-0.25, -0.2) is 4.79 Å². The number of carboxylic acids is 1. The Balaban J connectivity index is 1.94. The van der Waals surface area contributed by atoms with Crippen molar-refractivity contribution in [1.82, 2.24) is 0 Å². The molecule has 1 aromatic carbocycles. The smallest absolute Gasteiger partial charge is 0.371 e. The predicted octanol–water partition coefficient (Wildman–Crippen LogP) is 2.33. The largest absolute Gasteiger partial charge is 0.497 e. The van der Waals surface area contributed by atoms with Crippen LogP contribution in [0.25, 0.3) is 0 Å². The Morgan fingerprint density at radius 3 is 2.83 bits per heavy atom. The van der Waals surface area contributed by atoms with Gasteiger partial charge in [0.25, 0.3) is 0 Å². The third-order valence-corrected chi connectivity index (χ3v) is 3.69. The van der Waals surface area contributed by atoms with Gasteiger partial charge in [-0.15, -0.1) is 0 Å². The highest BCUT2D eigenvalue weighted by Crippen LogP contribution is 2.35. The molecule has 1 aliphatic rings. The standard InChI is InChI=1S/C16H16N2O5/c1-9-15(19)18(8-11-4-6-14(23-11)16(20)21)13-5-3-10(22-2)7-12(13)17-9/h3-7,9,17H,8H2,1-2H3,(H,20,21). The number of rotatable bonds is 4. The van der Waals surface area contributed by atoms with E-state index >= 15 is 0 Å². The zero-order chi connectivity index (χ0) is 16.6. The van der Waals surface area contributed by atoms with Crippen LogP contribution in [0.15, 0.2) is 34.7 Å². The number of methoxy groups -OCH3 is 1.